The Labute approximate surface area is 161 Å². The van der Waals surface area contributed by atoms with E-state index in [1.165, 1.54) is 6.07 Å². The molecular formula is C22H20N2O4. The molecule has 2 heterocycles. The Hall–Kier alpha value is -3.41. The highest BCUT2D eigenvalue weighted by Gasteiger charge is 2.29. The van der Waals surface area contributed by atoms with Crippen molar-refractivity contribution in [2.45, 2.75) is 13.0 Å². The lowest BCUT2D eigenvalue weighted by atomic mass is 10.1. The van der Waals surface area contributed by atoms with Crippen LogP contribution in [0.15, 0.2) is 69.9 Å². The number of rotatable bonds is 5. The highest BCUT2D eigenvalue weighted by atomic mass is 16.3. The molecule has 28 heavy (non-hydrogen) atoms. The van der Waals surface area contributed by atoms with E-state index in [1.807, 2.05) is 35.2 Å². The number of carbonyl (C=O) groups is 2. The maximum absolute atomic E-state index is 12.4. The number of nitrogens with one attached hydrogen (secondary N) is 1. The summed E-state index contributed by atoms with van der Waals surface area (Å²) < 4.78 is 5.55. The summed E-state index contributed by atoms with van der Waals surface area (Å²) >= 11 is 0. The second kappa shape index (κ2) is 7.68. The van der Waals surface area contributed by atoms with Crippen molar-refractivity contribution in [1.82, 2.24) is 10.2 Å². The molecule has 1 saturated heterocycles. The summed E-state index contributed by atoms with van der Waals surface area (Å²) in [5.74, 6) is -0.348. The fourth-order valence-electron chi connectivity index (χ4n) is 3.49. The molecule has 3 aromatic rings. The Kier molecular flexibility index (Phi) is 4.93. The molecule has 0 spiro atoms. The van der Waals surface area contributed by atoms with Crippen molar-refractivity contribution in [1.29, 1.82) is 0 Å². The molecule has 2 aromatic carbocycles. The van der Waals surface area contributed by atoms with Crippen molar-refractivity contribution in [3.63, 3.8) is 0 Å². The van der Waals surface area contributed by atoms with Gasteiger partial charge in [-0.15, -0.1) is 0 Å². The van der Waals surface area contributed by atoms with E-state index in [0.29, 0.717) is 37.0 Å². The largest absolute Gasteiger partial charge is 0.451 e. The van der Waals surface area contributed by atoms with E-state index in [4.69, 9.17) is 4.42 Å². The Morgan fingerprint density at radius 1 is 1.07 bits per heavy atom. The predicted octanol–water partition coefficient (Wildman–Crippen LogP) is 2.57. The van der Waals surface area contributed by atoms with Gasteiger partial charge in [0.25, 0.3) is 5.91 Å². The molecule has 1 aliphatic heterocycles. The van der Waals surface area contributed by atoms with Crippen LogP contribution in [0.25, 0.3) is 11.0 Å². The van der Waals surface area contributed by atoms with Crippen LogP contribution in [0.2, 0.25) is 0 Å². The molecule has 0 bridgehead atoms. The van der Waals surface area contributed by atoms with Gasteiger partial charge in [0.1, 0.15) is 5.58 Å². The summed E-state index contributed by atoms with van der Waals surface area (Å²) in [6, 6.07) is 17.8. The molecule has 0 radical (unpaired) electrons. The van der Waals surface area contributed by atoms with Crippen LogP contribution in [0.4, 0.5) is 0 Å². The number of hydrogen-bond donors (Lipinski definition) is 1. The number of likely N-dealkylation sites (tertiary alicyclic amines) is 1. The molecule has 6 heteroatoms. The third kappa shape index (κ3) is 3.81. The summed E-state index contributed by atoms with van der Waals surface area (Å²) in [5, 5.41) is 3.23. The molecule has 1 atom stereocenters. The third-order valence-corrected chi connectivity index (χ3v) is 4.92. The average molecular weight is 376 g/mol. The standard InChI is InChI=1S/C22H20N2O4/c25-18-11-20(28-19-9-5-4-8-17(18)19)22(27)23-12-16-10-21(26)24(14-16)13-15-6-2-1-3-7-15/h1-9,11,16H,10,12-14H2,(H,23,27). The minimum absolute atomic E-state index is 0.0193. The molecule has 0 aliphatic carbocycles. The van der Waals surface area contributed by atoms with Gasteiger partial charge in [-0.05, 0) is 17.7 Å². The number of benzene rings is 2. The Morgan fingerprint density at radius 3 is 2.64 bits per heavy atom. The first-order valence-corrected chi connectivity index (χ1v) is 9.23. The fraction of sp³-hybridized carbons (Fsp3) is 0.227. The van der Waals surface area contributed by atoms with Gasteiger partial charge in [-0.25, -0.2) is 0 Å². The van der Waals surface area contributed by atoms with Crippen LogP contribution in [0.3, 0.4) is 0 Å². The second-order valence-corrected chi connectivity index (χ2v) is 7.01. The number of amides is 2. The first kappa shape index (κ1) is 18.0. The van der Waals surface area contributed by atoms with Gasteiger partial charge in [0.05, 0.1) is 5.39 Å². The van der Waals surface area contributed by atoms with Crippen molar-refractivity contribution in [2.75, 3.05) is 13.1 Å². The van der Waals surface area contributed by atoms with E-state index in [-0.39, 0.29) is 23.0 Å². The van der Waals surface area contributed by atoms with Gasteiger partial charge < -0.3 is 14.6 Å². The Morgan fingerprint density at radius 2 is 1.82 bits per heavy atom. The summed E-state index contributed by atoms with van der Waals surface area (Å²) in [4.78, 5) is 38.6. The van der Waals surface area contributed by atoms with Crippen molar-refractivity contribution in [3.05, 3.63) is 82.2 Å². The normalized spacial score (nSPS) is 16.5. The van der Waals surface area contributed by atoms with Gasteiger partial charge in [-0.3, -0.25) is 14.4 Å². The van der Waals surface area contributed by atoms with Crippen LogP contribution in [0.5, 0.6) is 0 Å². The second-order valence-electron chi connectivity index (χ2n) is 7.01. The highest BCUT2D eigenvalue weighted by molar-refractivity contribution is 5.93. The highest BCUT2D eigenvalue weighted by Crippen LogP contribution is 2.20. The van der Waals surface area contributed by atoms with E-state index < -0.39 is 5.91 Å². The van der Waals surface area contributed by atoms with E-state index >= 15 is 0 Å². The quantitative estimate of drug-likeness (QED) is 0.742. The number of fused-ring (bicyclic) bond motifs is 1. The molecule has 0 saturated carbocycles. The third-order valence-electron chi connectivity index (χ3n) is 4.92. The lowest BCUT2D eigenvalue weighted by molar-refractivity contribution is -0.128. The van der Waals surface area contributed by atoms with Crippen LogP contribution in [0, 0.1) is 5.92 Å². The van der Waals surface area contributed by atoms with Gasteiger partial charge >= 0.3 is 0 Å². The molecule has 1 aromatic heterocycles. The van der Waals surface area contributed by atoms with Crippen molar-refractivity contribution >= 4 is 22.8 Å². The first-order valence-electron chi connectivity index (χ1n) is 9.23. The van der Waals surface area contributed by atoms with E-state index in [0.717, 1.165) is 5.56 Å². The zero-order valence-corrected chi connectivity index (χ0v) is 15.3. The molecule has 6 nitrogen and oxygen atoms in total. The summed E-state index contributed by atoms with van der Waals surface area (Å²) in [7, 11) is 0. The summed E-state index contributed by atoms with van der Waals surface area (Å²) in [6.07, 6.45) is 0.398. The summed E-state index contributed by atoms with van der Waals surface area (Å²) in [6.45, 7) is 1.52. The maximum atomic E-state index is 12.4. The average Bonchev–Trinajstić information content (AvgIpc) is 3.06. The van der Waals surface area contributed by atoms with E-state index in [2.05, 4.69) is 5.32 Å². The minimum Gasteiger partial charge on any atom is -0.451 e. The molecule has 1 fully saturated rings. The molecule has 4 rings (SSSR count). The molecule has 142 valence electrons. The van der Waals surface area contributed by atoms with E-state index in [9.17, 15) is 14.4 Å². The summed E-state index contributed by atoms with van der Waals surface area (Å²) in [5.41, 5.74) is 1.21. The van der Waals surface area contributed by atoms with Crippen molar-refractivity contribution < 1.29 is 14.0 Å². The van der Waals surface area contributed by atoms with Gasteiger partial charge in [0.15, 0.2) is 11.2 Å². The Balaban J connectivity index is 1.38. The first-order chi connectivity index (χ1) is 13.6. The molecular weight excluding hydrogens is 356 g/mol. The number of nitrogens with zero attached hydrogens (tertiary/aromatic N) is 1. The van der Waals surface area contributed by atoms with Gasteiger partial charge in [0.2, 0.25) is 5.91 Å². The Bertz CT molecular complexity index is 1070. The van der Waals surface area contributed by atoms with E-state index in [1.54, 1.807) is 24.3 Å². The van der Waals surface area contributed by atoms with Crippen LogP contribution in [0.1, 0.15) is 22.5 Å². The lowest BCUT2D eigenvalue weighted by Gasteiger charge is -2.17. The van der Waals surface area contributed by atoms with Crippen LogP contribution >= 0.6 is 0 Å². The van der Waals surface area contributed by atoms with Gasteiger partial charge in [-0.2, -0.15) is 0 Å². The maximum Gasteiger partial charge on any atom is 0.287 e. The molecule has 1 unspecified atom stereocenters. The molecule has 1 aliphatic rings. The monoisotopic (exact) mass is 376 g/mol. The van der Waals surface area contributed by atoms with Gasteiger partial charge in [-0.1, -0.05) is 42.5 Å². The van der Waals surface area contributed by atoms with Crippen LogP contribution in [-0.4, -0.2) is 29.8 Å². The zero-order chi connectivity index (χ0) is 19.5. The zero-order valence-electron chi connectivity index (χ0n) is 15.3. The predicted molar refractivity (Wildman–Crippen MR) is 105 cm³/mol. The van der Waals surface area contributed by atoms with Crippen LogP contribution < -0.4 is 10.7 Å². The number of hydrogen-bond acceptors (Lipinski definition) is 4. The van der Waals surface area contributed by atoms with Gasteiger partial charge in [0, 0.05) is 38.0 Å². The smallest absolute Gasteiger partial charge is 0.287 e. The minimum atomic E-state index is -0.447. The number of para-hydroxylation sites is 1. The topological polar surface area (TPSA) is 79.6 Å². The van der Waals surface area contributed by atoms with Crippen molar-refractivity contribution in [3.8, 4) is 0 Å². The van der Waals surface area contributed by atoms with Crippen molar-refractivity contribution in [2.24, 2.45) is 5.92 Å². The fourth-order valence-corrected chi connectivity index (χ4v) is 3.49. The molecule has 2 amide bonds. The number of carbonyl (C=O) groups excluding carboxylic acids is 2. The molecule has 1 N–H and O–H groups in total. The SMILES string of the molecule is O=C(NCC1CC(=O)N(Cc2ccccc2)C1)c1cc(=O)c2ccccc2o1. The van der Waals surface area contributed by atoms with Crippen LogP contribution in [-0.2, 0) is 11.3 Å². The lowest BCUT2D eigenvalue weighted by Crippen LogP contribution is -2.31.